The molecule has 0 radical (unpaired) electrons. The van der Waals surface area contributed by atoms with Crippen LogP contribution in [0, 0.1) is 0 Å². The van der Waals surface area contributed by atoms with E-state index in [1.54, 1.807) is 6.07 Å². The van der Waals surface area contributed by atoms with E-state index in [9.17, 15) is 10.2 Å². The van der Waals surface area contributed by atoms with Crippen molar-refractivity contribution in [2.24, 2.45) is 0 Å². The van der Waals surface area contributed by atoms with E-state index in [0.29, 0.717) is 28.1 Å². The Morgan fingerprint density at radius 3 is 2.64 bits per heavy atom. The number of fused-ring (bicyclic) bond motifs is 2. The molecule has 2 heterocycles. The van der Waals surface area contributed by atoms with Gasteiger partial charge in [0.15, 0.2) is 17.1 Å². The van der Waals surface area contributed by atoms with Crippen molar-refractivity contribution in [1.29, 1.82) is 0 Å². The van der Waals surface area contributed by atoms with Crippen LogP contribution in [0.1, 0.15) is 23.6 Å². The van der Waals surface area contributed by atoms with Crippen LogP contribution in [0.3, 0.4) is 0 Å². The predicted octanol–water partition coefficient (Wildman–Crippen LogP) is 3.22. The molecule has 0 bridgehead atoms. The number of aryl methyl sites for hydroxylation is 1. The van der Waals surface area contributed by atoms with Gasteiger partial charge in [0, 0.05) is 5.56 Å². The van der Waals surface area contributed by atoms with Gasteiger partial charge in [0.2, 0.25) is 0 Å². The monoisotopic (exact) mass is 373 g/mol. The van der Waals surface area contributed by atoms with Gasteiger partial charge in [-0.3, -0.25) is 0 Å². The van der Waals surface area contributed by atoms with Crippen LogP contribution in [0.25, 0.3) is 22.3 Å². The summed E-state index contributed by atoms with van der Waals surface area (Å²) in [6, 6.07) is 13.2. The van der Waals surface area contributed by atoms with E-state index in [2.05, 4.69) is 34.2 Å². The van der Waals surface area contributed by atoms with Crippen LogP contribution in [0.2, 0.25) is 0 Å². The van der Waals surface area contributed by atoms with Crippen LogP contribution in [-0.4, -0.2) is 30.0 Å². The van der Waals surface area contributed by atoms with Crippen molar-refractivity contribution in [2.75, 3.05) is 5.73 Å². The molecule has 2 aromatic heterocycles. The summed E-state index contributed by atoms with van der Waals surface area (Å²) >= 11 is 0. The zero-order valence-corrected chi connectivity index (χ0v) is 15.1. The van der Waals surface area contributed by atoms with Crippen molar-refractivity contribution in [1.82, 2.24) is 19.7 Å². The highest BCUT2D eigenvalue weighted by atomic mass is 16.3. The van der Waals surface area contributed by atoms with Crippen molar-refractivity contribution in [3.63, 3.8) is 0 Å². The topological polar surface area (TPSA) is 110 Å². The second kappa shape index (κ2) is 6.23. The Balaban J connectivity index is 1.67. The van der Waals surface area contributed by atoms with Gasteiger partial charge in [-0.05, 0) is 48.6 Å². The van der Waals surface area contributed by atoms with E-state index in [4.69, 9.17) is 10.8 Å². The lowest BCUT2D eigenvalue weighted by Gasteiger charge is -2.25. The van der Waals surface area contributed by atoms with Gasteiger partial charge in [-0.15, -0.1) is 0 Å². The standard InChI is InChI=1S/C21H19N5O2/c22-20-18-19(14-6-8-16(27)17(28)10-14)25-26(21(18)24-11-23-20)15-7-5-12-3-1-2-4-13(12)9-15/h1-4,6,8,10-11,15,27-28H,5,7,9H2,(H2,22,23,24). The van der Waals surface area contributed by atoms with Crippen LogP contribution in [0.4, 0.5) is 5.82 Å². The average molecular weight is 373 g/mol. The predicted molar refractivity (Wildman–Crippen MR) is 106 cm³/mol. The molecule has 4 aromatic rings. The van der Waals surface area contributed by atoms with Gasteiger partial charge in [-0.25, -0.2) is 14.6 Å². The average Bonchev–Trinajstić information content (AvgIpc) is 3.11. The highest BCUT2D eigenvalue weighted by Crippen LogP contribution is 2.37. The van der Waals surface area contributed by atoms with Crippen LogP contribution in [0.5, 0.6) is 11.5 Å². The molecule has 0 spiro atoms. The third-order valence-corrected chi connectivity index (χ3v) is 5.43. The quantitative estimate of drug-likeness (QED) is 0.465. The normalized spacial score (nSPS) is 16.2. The van der Waals surface area contributed by atoms with Gasteiger partial charge in [-0.1, -0.05) is 24.3 Å². The van der Waals surface area contributed by atoms with Crippen LogP contribution in [0.15, 0.2) is 48.8 Å². The van der Waals surface area contributed by atoms with Crippen LogP contribution >= 0.6 is 0 Å². The number of benzene rings is 2. The summed E-state index contributed by atoms with van der Waals surface area (Å²) in [7, 11) is 0. The largest absolute Gasteiger partial charge is 0.504 e. The lowest BCUT2D eigenvalue weighted by molar-refractivity contribution is 0.404. The van der Waals surface area contributed by atoms with Gasteiger partial charge in [-0.2, -0.15) is 5.10 Å². The fraction of sp³-hybridized carbons (Fsp3) is 0.190. The first kappa shape index (κ1) is 16.6. The number of aromatic hydroxyl groups is 2. The number of rotatable bonds is 2. The highest BCUT2D eigenvalue weighted by Gasteiger charge is 2.25. The molecule has 0 amide bonds. The van der Waals surface area contributed by atoms with Crippen molar-refractivity contribution >= 4 is 16.9 Å². The summed E-state index contributed by atoms with van der Waals surface area (Å²) in [6.45, 7) is 0. The number of hydrogen-bond acceptors (Lipinski definition) is 6. The second-order valence-corrected chi connectivity index (χ2v) is 7.12. The van der Waals surface area contributed by atoms with E-state index in [-0.39, 0.29) is 17.5 Å². The van der Waals surface area contributed by atoms with Gasteiger partial charge in [0.25, 0.3) is 0 Å². The Hall–Kier alpha value is -3.61. The van der Waals surface area contributed by atoms with Gasteiger partial charge >= 0.3 is 0 Å². The molecular weight excluding hydrogens is 354 g/mol. The molecule has 1 aliphatic carbocycles. The Morgan fingerprint density at radius 1 is 1.00 bits per heavy atom. The number of aromatic nitrogens is 4. The molecule has 7 nitrogen and oxygen atoms in total. The van der Waals surface area contributed by atoms with E-state index in [1.165, 1.54) is 29.6 Å². The second-order valence-electron chi connectivity index (χ2n) is 7.12. The maximum absolute atomic E-state index is 9.92. The fourth-order valence-corrected chi connectivity index (χ4v) is 4.01. The molecule has 0 aliphatic heterocycles. The van der Waals surface area contributed by atoms with Gasteiger partial charge in [0.1, 0.15) is 17.8 Å². The number of nitrogen functional groups attached to an aromatic ring is 1. The van der Waals surface area contributed by atoms with Crippen molar-refractivity contribution in [2.45, 2.75) is 25.3 Å². The molecule has 140 valence electrons. The molecule has 28 heavy (non-hydrogen) atoms. The Labute approximate surface area is 161 Å². The molecule has 1 aliphatic rings. The van der Waals surface area contributed by atoms with Crippen molar-refractivity contribution < 1.29 is 10.2 Å². The highest BCUT2D eigenvalue weighted by molar-refractivity contribution is 5.98. The molecule has 1 atom stereocenters. The summed E-state index contributed by atoms with van der Waals surface area (Å²) in [6.07, 6.45) is 4.26. The molecule has 1 unspecified atom stereocenters. The molecule has 5 rings (SSSR count). The van der Waals surface area contributed by atoms with E-state index < -0.39 is 0 Å². The third kappa shape index (κ3) is 2.55. The molecular formula is C21H19N5O2. The minimum Gasteiger partial charge on any atom is -0.504 e. The van der Waals surface area contributed by atoms with Crippen LogP contribution in [-0.2, 0) is 12.8 Å². The third-order valence-electron chi connectivity index (χ3n) is 5.43. The first-order valence-corrected chi connectivity index (χ1v) is 9.19. The Kier molecular flexibility index (Phi) is 3.68. The van der Waals surface area contributed by atoms with E-state index in [0.717, 1.165) is 19.3 Å². The lowest BCUT2D eigenvalue weighted by Crippen LogP contribution is -2.20. The van der Waals surface area contributed by atoms with Gasteiger partial charge in [0.05, 0.1) is 11.4 Å². The zero-order chi connectivity index (χ0) is 19.3. The number of anilines is 1. The van der Waals surface area contributed by atoms with Gasteiger partial charge < -0.3 is 15.9 Å². The number of phenolic OH excluding ortho intramolecular Hbond substituents is 2. The van der Waals surface area contributed by atoms with Crippen LogP contribution < -0.4 is 5.73 Å². The minimum absolute atomic E-state index is 0.158. The number of phenols is 2. The summed E-state index contributed by atoms with van der Waals surface area (Å²) in [5.74, 6) is -0.0437. The number of nitrogens with zero attached hydrogens (tertiary/aromatic N) is 4. The molecule has 2 aromatic carbocycles. The molecule has 0 saturated carbocycles. The minimum atomic E-state index is -0.206. The lowest BCUT2D eigenvalue weighted by atomic mass is 9.88. The van der Waals surface area contributed by atoms with E-state index >= 15 is 0 Å². The Bertz CT molecular complexity index is 1200. The van der Waals surface area contributed by atoms with Crippen molar-refractivity contribution in [3.05, 3.63) is 59.9 Å². The summed E-state index contributed by atoms with van der Waals surface area (Å²) < 4.78 is 1.93. The van der Waals surface area contributed by atoms with Crippen molar-refractivity contribution in [3.8, 4) is 22.8 Å². The number of hydrogen-bond donors (Lipinski definition) is 3. The molecule has 7 heteroatoms. The summed E-state index contributed by atoms with van der Waals surface area (Å²) in [5.41, 5.74) is 10.8. The molecule has 0 fully saturated rings. The smallest absolute Gasteiger partial charge is 0.164 e. The Morgan fingerprint density at radius 2 is 1.82 bits per heavy atom. The maximum Gasteiger partial charge on any atom is 0.164 e. The first-order chi connectivity index (χ1) is 13.6. The summed E-state index contributed by atoms with van der Waals surface area (Å²) in [5, 5.41) is 25.0. The molecule has 0 saturated heterocycles. The maximum atomic E-state index is 9.92. The summed E-state index contributed by atoms with van der Waals surface area (Å²) in [4.78, 5) is 8.59. The first-order valence-electron chi connectivity index (χ1n) is 9.19. The van der Waals surface area contributed by atoms with E-state index in [1.807, 2.05) is 4.68 Å². The zero-order valence-electron chi connectivity index (χ0n) is 15.1. The number of nitrogens with two attached hydrogens (primary N) is 1. The molecule has 4 N–H and O–H groups in total. The SMILES string of the molecule is Nc1ncnc2c1c(-c1ccc(O)c(O)c1)nn2C1CCc2ccccc2C1. The fourth-order valence-electron chi connectivity index (χ4n) is 4.01.